The first kappa shape index (κ1) is 18.3. The highest BCUT2D eigenvalue weighted by Crippen LogP contribution is 2.27. The normalized spacial score (nSPS) is 24.2. The van der Waals surface area contributed by atoms with Gasteiger partial charge in [0.2, 0.25) is 5.91 Å². The van der Waals surface area contributed by atoms with Crippen molar-refractivity contribution in [2.75, 3.05) is 32.8 Å². The molecule has 0 radical (unpaired) electrons. The number of rotatable bonds is 5. The molecule has 2 aliphatic rings. The molecular weight excluding hydrogens is 314 g/mol. The lowest BCUT2D eigenvalue weighted by atomic mass is 9.85. The van der Waals surface area contributed by atoms with Gasteiger partial charge >= 0.3 is 0 Å². The molecule has 2 unspecified atom stereocenters. The van der Waals surface area contributed by atoms with Gasteiger partial charge in [-0.3, -0.25) is 14.7 Å². The van der Waals surface area contributed by atoms with Crippen LogP contribution in [0.15, 0.2) is 24.5 Å². The van der Waals surface area contributed by atoms with Crippen LogP contribution in [0.4, 0.5) is 0 Å². The highest BCUT2D eigenvalue weighted by Gasteiger charge is 2.32. The van der Waals surface area contributed by atoms with Crippen LogP contribution in [0.1, 0.15) is 38.2 Å². The summed E-state index contributed by atoms with van der Waals surface area (Å²) >= 11 is 0. The van der Waals surface area contributed by atoms with Gasteiger partial charge in [0.05, 0.1) is 5.92 Å². The Morgan fingerprint density at radius 1 is 1.32 bits per heavy atom. The van der Waals surface area contributed by atoms with Crippen molar-refractivity contribution in [2.45, 2.75) is 39.2 Å². The third kappa shape index (κ3) is 4.79. The number of amides is 1. The lowest BCUT2D eigenvalue weighted by Gasteiger charge is -2.38. The van der Waals surface area contributed by atoms with Crippen molar-refractivity contribution < 1.29 is 9.90 Å². The van der Waals surface area contributed by atoms with E-state index in [-0.39, 0.29) is 12.5 Å². The van der Waals surface area contributed by atoms with Gasteiger partial charge < -0.3 is 10.0 Å². The number of hydrogen-bond acceptors (Lipinski definition) is 4. The molecule has 2 saturated heterocycles. The minimum absolute atomic E-state index is 0.136. The van der Waals surface area contributed by atoms with Crippen molar-refractivity contribution in [1.29, 1.82) is 0 Å². The fraction of sp³-hybridized carbons (Fsp3) is 0.700. The molecule has 25 heavy (non-hydrogen) atoms. The lowest BCUT2D eigenvalue weighted by molar-refractivity contribution is -0.139. The molecular formula is C20H31N3O2. The molecule has 0 aromatic carbocycles. The number of pyridine rings is 1. The van der Waals surface area contributed by atoms with Gasteiger partial charge in [-0.05, 0) is 55.7 Å². The molecule has 0 bridgehead atoms. The van der Waals surface area contributed by atoms with E-state index < -0.39 is 0 Å². The summed E-state index contributed by atoms with van der Waals surface area (Å²) in [7, 11) is 0. The van der Waals surface area contributed by atoms with Gasteiger partial charge in [-0.1, -0.05) is 13.0 Å². The van der Waals surface area contributed by atoms with Crippen LogP contribution in [0.2, 0.25) is 0 Å². The van der Waals surface area contributed by atoms with Crippen LogP contribution in [-0.4, -0.2) is 58.6 Å². The molecule has 1 aromatic heterocycles. The van der Waals surface area contributed by atoms with Crippen LogP contribution in [-0.2, 0) is 11.3 Å². The third-order valence-electron chi connectivity index (χ3n) is 5.93. The van der Waals surface area contributed by atoms with Crippen LogP contribution in [0.25, 0.3) is 0 Å². The van der Waals surface area contributed by atoms with Crippen LogP contribution in [0, 0.1) is 17.8 Å². The molecule has 1 aromatic rings. The van der Waals surface area contributed by atoms with Gasteiger partial charge in [0.25, 0.3) is 0 Å². The summed E-state index contributed by atoms with van der Waals surface area (Å²) in [6.07, 6.45) is 7.87. The fourth-order valence-electron chi connectivity index (χ4n) is 4.25. The van der Waals surface area contributed by atoms with Gasteiger partial charge in [-0.2, -0.15) is 0 Å². The molecule has 5 nitrogen and oxygen atoms in total. The largest absolute Gasteiger partial charge is 0.396 e. The summed E-state index contributed by atoms with van der Waals surface area (Å²) in [6.45, 7) is 6.88. The smallest absolute Gasteiger partial charge is 0.226 e. The minimum atomic E-state index is 0.136. The first-order valence-corrected chi connectivity index (χ1v) is 9.68. The Morgan fingerprint density at radius 2 is 2.12 bits per heavy atom. The lowest BCUT2D eigenvalue weighted by Crippen LogP contribution is -2.47. The maximum absolute atomic E-state index is 12.9. The van der Waals surface area contributed by atoms with Crippen molar-refractivity contribution in [3.05, 3.63) is 30.1 Å². The molecule has 3 heterocycles. The van der Waals surface area contributed by atoms with E-state index in [4.69, 9.17) is 0 Å². The van der Waals surface area contributed by atoms with Crippen molar-refractivity contribution in [1.82, 2.24) is 14.8 Å². The number of hydrogen-bond donors (Lipinski definition) is 1. The zero-order valence-corrected chi connectivity index (χ0v) is 15.3. The van der Waals surface area contributed by atoms with E-state index in [2.05, 4.69) is 27.8 Å². The van der Waals surface area contributed by atoms with Crippen LogP contribution in [0.5, 0.6) is 0 Å². The van der Waals surface area contributed by atoms with Gasteiger partial charge in [0.1, 0.15) is 0 Å². The Morgan fingerprint density at radius 3 is 2.80 bits per heavy atom. The molecule has 2 fully saturated rings. The second-order valence-electron chi connectivity index (χ2n) is 7.76. The Hall–Kier alpha value is -1.46. The third-order valence-corrected chi connectivity index (χ3v) is 5.93. The van der Waals surface area contributed by atoms with Crippen molar-refractivity contribution in [3.8, 4) is 0 Å². The SMILES string of the molecule is CC(CO)C1CCN(C(=O)C2CCCN(Cc3cccnc3)C2)CC1. The molecule has 1 N–H and O–H groups in total. The second-order valence-corrected chi connectivity index (χ2v) is 7.76. The van der Waals surface area contributed by atoms with Crippen LogP contribution >= 0.6 is 0 Å². The first-order chi connectivity index (χ1) is 12.2. The zero-order chi connectivity index (χ0) is 17.6. The maximum Gasteiger partial charge on any atom is 0.226 e. The number of aliphatic hydroxyl groups is 1. The van der Waals surface area contributed by atoms with Gasteiger partial charge in [0, 0.05) is 45.2 Å². The van der Waals surface area contributed by atoms with Crippen LogP contribution in [0.3, 0.4) is 0 Å². The molecule has 5 heteroatoms. The van der Waals surface area contributed by atoms with Crippen molar-refractivity contribution in [2.24, 2.45) is 17.8 Å². The fourth-order valence-corrected chi connectivity index (χ4v) is 4.25. The zero-order valence-electron chi connectivity index (χ0n) is 15.3. The number of carbonyl (C=O) groups is 1. The Bertz CT molecular complexity index is 543. The summed E-state index contributed by atoms with van der Waals surface area (Å²) < 4.78 is 0. The molecule has 138 valence electrons. The van der Waals surface area contributed by atoms with Gasteiger partial charge in [-0.15, -0.1) is 0 Å². The summed E-state index contributed by atoms with van der Waals surface area (Å²) in [5.74, 6) is 1.38. The number of aliphatic hydroxyl groups excluding tert-OH is 1. The van der Waals surface area contributed by atoms with Gasteiger partial charge in [-0.25, -0.2) is 0 Å². The molecule has 2 atom stereocenters. The standard InChI is InChI=1S/C20H31N3O2/c1-16(15-24)18-6-10-23(11-7-18)20(25)19-5-3-9-22(14-19)13-17-4-2-8-21-12-17/h2,4,8,12,16,18-19,24H,3,5-7,9-11,13-15H2,1H3. The molecule has 0 saturated carbocycles. The van der Waals surface area contributed by atoms with E-state index in [1.165, 1.54) is 5.56 Å². The molecule has 3 rings (SSSR count). The number of likely N-dealkylation sites (tertiary alicyclic amines) is 2. The van der Waals surface area contributed by atoms with E-state index in [0.717, 1.165) is 58.4 Å². The summed E-state index contributed by atoms with van der Waals surface area (Å²) in [4.78, 5) is 21.6. The molecule has 0 aliphatic carbocycles. The average molecular weight is 345 g/mol. The first-order valence-electron chi connectivity index (χ1n) is 9.68. The highest BCUT2D eigenvalue weighted by molar-refractivity contribution is 5.79. The van der Waals surface area contributed by atoms with E-state index >= 15 is 0 Å². The molecule has 0 spiro atoms. The number of aromatic nitrogens is 1. The van der Waals surface area contributed by atoms with E-state index in [1.54, 1.807) is 6.20 Å². The number of piperidine rings is 2. The molecule has 2 aliphatic heterocycles. The predicted octanol–water partition coefficient (Wildman–Crippen LogP) is 2.16. The predicted molar refractivity (Wildman–Crippen MR) is 97.8 cm³/mol. The highest BCUT2D eigenvalue weighted by atomic mass is 16.3. The summed E-state index contributed by atoms with van der Waals surface area (Å²) in [5.41, 5.74) is 1.22. The number of carbonyl (C=O) groups excluding carboxylic acids is 1. The number of nitrogens with zero attached hydrogens (tertiary/aromatic N) is 3. The Balaban J connectivity index is 1.50. The molecule has 1 amide bonds. The summed E-state index contributed by atoms with van der Waals surface area (Å²) in [5, 5.41) is 9.33. The van der Waals surface area contributed by atoms with Crippen LogP contribution < -0.4 is 0 Å². The van der Waals surface area contributed by atoms with E-state index in [9.17, 15) is 9.90 Å². The average Bonchev–Trinajstić information content (AvgIpc) is 2.68. The van der Waals surface area contributed by atoms with E-state index in [1.807, 2.05) is 12.3 Å². The Labute approximate surface area is 151 Å². The second kappa shape index (κ2) is 8.77. The van der Waals surface area contributed by atoms with Crippen molar-refractivity contribution >= 4 is 5.91 Å². The Kier molecular flexibility index (Phi) is 6.43. The van der Waals surface area contributed by atoms with Gasteiger partial charge in [0.15, 0.2) is 0 Å². The minimum Gasteiger partial charge on any atom is -0.396 e. The quantitative estimate of drug-likeness (QED) is 0.888. The van der Waals surface area contributed by atoms with E-state index in [0.29, 0.717) is 17.7 Å². The van der Waals surface area contributed by atoms with Crippen molar-refractivity contribution in [3.63, 3.8) is 0 Å². The topological polar surface area (TPSA) is 56.7 Å². The monoisotopic (exact) mass is 345 g/mol. The maximum atomic E-state index is 12.9. The summed E-state index contributed by atoms with van der Waals surface area (Å²) in [6, 6.07) is 4.07.